The van der Waals surface area contributed by atoms with Gasteiger partial charge in [0, 0.05) is 0 Å². The van der Waals surface area contributed by atoms with E-state index in [2.05, 4.69) is 15.7 Å². The number of esters is 1. The first kappa shape index (κ1) is 22.2. The molecule has 29 heavy (non-hydrogen) atoms. The van der Waals surface area contributed by atoms with Crippen molar-refractivity contribution < 1.29 is 40.4 Å². The molecule has 0 atom stereocenters. The molecule has 158 valence electrons. The number of ether oxygens (including phenoxy) is 1. The lowest BCUT2D eigenvalue weighted by Crippen LogP contribution is -2.12. The van der Waals surface area contributed by atoms with E-state index in [0.717, 1.165) is 0 Å². The number of rotatable bonds is 5. The average Bonchev–Trinajstić information content (AvgIpc) is 3.00. The van der Waals surface area contributed by atoms with Gasteiger partial charge in [-0.1, -0.05) is 5.16 Å². The summed E-state index contributed by atoms with van der Waals surface area (Å²) in [6.07, 6.45) is -9.98. The molecule has 0 saturated carbocycles. The Bertz CT molecular complexity index is 899. The predicted molar refractivity (Wildman–Crippen MR) is 89.5 cm³/mol. The summed E-state index contributed by atoms with van der Waals surface area (Å²) in [5, 5.41) is 7.32. The van der Waals surface area contributed by atoms with Crippen molar-refractivity contribution in [2.45, 2.75) is 33.1 Å². The molecule has 0 fully saturated rings. The van der Waals surface area contributed by atoms with E-state index in [1.165, 1.54) is 13.8 Å². The molecule has 1 N–H and O–H groups in total. The smallest absolute Gasteiger partial charge is 0.416 e. The summed E-state index contributed by atoms with van der Waals surface area (Å²) >= 11 is 0. The van der Waals surface area contributed by atoms with Crippen molar-refractivity contribution in [2.24, 2.45) is 5.10 Å². The Morgan fingerprint density at radius 1 is 1.14 bits per heavy atom. The molecule has 2 aromatic rings. The molecule has 0 bridgehead atoms. The van der Waals surface area contributed by atoms with E-state index in [4.69, 9.17) is 9.26 Å². The minimum absolute atomic E-state index is 0.000417. The van der Waals surface area contributed by atoms with Crippen LogP contribution in [-0.4, -0.2) is 23.4 Å². The number of aryl methyl sites for hydroxylation is 1. The summed E-state index contributed by atoms with van der Waals surface area (Å²) in [6.45, 7) is 4.44. The van der Waals surface area contributed by atoms with E-state index >= 15 is 0 Å². The summed E-state index contributed by atoms with van der Waals surface area (Å²) in [5.41, 5.74) is -1.32. The number of hydrogen-bond donors (Lipinski definition) is 1. The summed E-state index contributed by atoms with van der Waals surface area (Å²) in [7, 11) is 0. The van der Waals surface area contributed by atoms with Crippen LogP contribution in [0.15, 0.2) is 27.8 Å². The van der Waals surface area contributed by atoms with Gasteiger partial charge in [-0.25, -0.2) is 4.79 Å². The van der Waals surface area contributed by atoms with E-state index in [9.17, 15) is 31.1 Å². The molecule has 0 aliphatic heterocycles. The maximum absolute atomic E-state index is 12.9. The minimum Gasteiger partial charge on any atom is -0.462 e. The van der Waals surface area contributed by atoms with Gasteiger partial charge in [0.2, 0.25) is 0 Å². The molecule has 1 heterocycles. The number of carbonyl (C=O) groups is 1. The molecule has 12 heteroatoms. The highest BCUT2D eigenvalue weighted by atomic mass is 19.4. The Labute approximate surface area is 160 Å². The molecule has 2 rings (SSSR count). The third-order valence-electron chi connectivity index (χ3n) is 3.61. The highest BCUT2D eigenvalue weighted by Gasteiger charge is 2.37. The Morgan fingerprint density at radius 3 is 2.17 bits per heavy atom. The molecule has 0 unspecified atom stereocenters. The zero-order valence-corrected chi connectivity index (χ0v) is 15.3. The quantitative estimate of drug-likeness (QED) is 0.316. The molecule has 0 aliphatic carbocycles. The first-order valence-electron chi connectivity index (χ1n) is 8.08. The van der Waals surface area contributed by atoms with E-state index in [-0.39, 0.29) is 35.4 Å². The highest BCUT2D eigenvalue weighted by Crippen LogP contribution is 2.37. The summed E-state index contributed by atoms with van der Waals surface area (Å²) < 4.78 is 87.3. The van der Waals surface area contributed by atoms with E-state index in [1.54, 1.807) is 6.92 Å². The number of carbonyl (C=O) groups excluding carboxylic acids is 1. The molecule has 1 aromatic heterocycles. The average molecular weight is 423 g/mol. The number of nitrogens with one attached hydrogen (secondary N) is 1. The molecule has 0 radical (unpaired) electrons. The predicted octanol–water partition coefficient (Wildman–Crippen LogP) is 5.03. The van der Waals surface area contributed by atoms with E-state index in [0.29, 0.717) is 12.1 Å². The van der Waals surface area contributed by atoms with Crippen LogP contribution in [0.5, 0.6) is 0 Å². The summed E-state index contributed by atoms with van der Waals surface area (Å²) in [4.78, 5) is 12.0. The first-order valence-corrected chi connectivity index (χ1v) is 8.08. The fourth-order valence-electron chi connectivity index (χ4n) is 2.28. The van der Waals surface area contributed by atoms with Crippen molar-refractivity contribution in [3.63, 3.8) is 0 Å². The van der Waals surface area contributed by atoms with Crippen LogP contribution in [0.1, 0.15) is 46.8 Å². The molecule has 6 nitrogen and oxygen atoms in total. The number of benzene rings is 1. The second kappa shape index (κ2) is 8.13. The Kier molecular flexibility index (Phi) is 6.24. The largest absolute Gasteiger partial charge is 0.462 e. The van der Waals surface area contributed by atoms with Gasteiger partial charge in [-0.2, -0.15) is 31.4 Å². The number of alkyl halides is 6. The van der Waals surface area contributed by atoms with Crippen molar-refractivity contribution in [3.8, 4) is 0 Å². The molecular weight excluding hydrogens is 408 g/mol. The van der Waals surface area contributed by atoms with Crippen LogP contribution in [0.2, 0.25) is 0 Å². The van der Waals surface area contributed by atoms with Crippen LogP contribution in [0.3, 0.4) is 0 Å². The maximum Gasteiger partial charge on any atom is 0.416 e. The van der Waals surface area contributed by atoms with Gasteiger partial charge in [0.1, 0.15) is 11.3 Å². The second-order valence-corrected chi connectivity index (χ2v) is 5.80. The van der Waals surface area contributed by atoms with Crippen LogP contribution < -0.4 is 5.43 Å². The third kappa shape index (κ3) is 5.27. The van der Waals surface area contributed by atoms with Crippen LogP contribution in [-0.2, 0) is 17.1 Å². The van der Waals surface area contributed by atoms with Crippen LogP contribution >= 0.6 is 0 Å². The zero-order chi connectivity index (χ0) is 22.0. The number of nitrogens with zero attached hydrogens (tertiary/aromatic N) is 2. The van der Waals surface area contributed by atoms with Crippen LogP contribution in [0.4, 0.5) is 32.0 Å². The highest BCUT2D eigenvalue weighted by molar-refractivity contribution is 6.06. The molecule has 0 spiro atoms. The SMILES string of the molecule is CCOC(=O)c1c(C)noc1/C(C)=N/Nc1cc(C(F)(F)F)cc(C(F)(F)F)c1. The second-order valence-electron chi connectivity index (χ2n) is 5.80. The molecular formula is C17H15F6N3O3. The maximum atomic E-state index is 12.9. The number of halogens is 6. The molecule has 0 amide bonds. The van der Waals surface area contributed by atoms with Crippen molar-refractivity contribution >= 4 is 17.4 Å². The third-order valence-corrected chi connectivity index (χ3v) is 3.61. The molecule has 0 saturated heterocycles. The monoisotopic (exact) mass is 423 g/mol. The number of hydrogen-bond acceptors (Lipinski definition) is 6. The Morgan fingerprint density at radius 2 is 1.69 bits per heavy atom. The van der Waals surface area contributed by atoms with Gasteiger partial charge in [-0.15, -0.1) is 0 Å². The Balaban J connectivity index is 2.40. The Hall–Kier alpha value is -3.05. The molecule has 0 aliphatic rings. The lowest BCUT2D eigenvalue weighted by Gasteiger charge is -2.14. The van der Waals surface area contributed by atoms with E-state index in [1.807, 2.05) is 0 Å². The number of aromatic nitrogens is 1. The lowest BCUT2D eigenvalue weighted by molar-refractivity contribution is -0.143. The van der Waals surface area contributed by atoms with Gasteiger partial charge in [0.15, 0.2) is 5.76 Å². The van der Waals surface area contributed by atoms with Gasteiger partial charge in [0.05, 0.1) is 29.1 Å². The lowest BCUT2D eigenvalue weighted by atomic mass is 10.1. The fourth-order valence-corrected chi connectivity index (χ4v) is 2.28. The zero-order valence-electron chi connectivity index (χ0n) is 15.3. The van der Waals surface area contributed by atoms with Crippen molar-refractivity contribution in [1.82, 2.24) is 5.16 Å². The van der Waals surface area contributed by atoms with Crippen molar-refractivity contribution in [1.29, 1.82) is 0 Å². The summed E-state index contributed by atoms with van der Waals surface area (Å²) in [5.74, 6) is -0.884. The molecule has 1 aromatic carbocycles. The van der Waals surface area contributed by atoms with Crippen LogP contribution in [0, 0.1) is 6.92 Å². The minimum atomic E-state index is -4.99. The normalized spacial score (nSPS) is 12.8. The topological polar surface area (TPSA) is 76.7 Å². The first-order chi connectivity index (χ1) is 13.3. The fraction of sp³-hybridized carbons (Fsp3) is 0.353. The summed E-state index contributed by atoms with van der Waals surface area (Å²) in [6, 6.07) is 0.953. The van der Waals surface area contributed by atoms with Crippen LogP contribution in [0.25, 0.3) is 0 Å². The van der Waals surface area contributed by atoms with E-state index < -0.39 is 35.1 Å². The van der Waals surface area contributed by atoms with Crippen molar-refractivity contribution in [2.75, 3.05) is 12.0 Å². The van der Waals surface area contributed by atoms with Gasteiger partial charge < -0.3 is 9.26 Å². The standard InChI is InChI=1S/C17H15F6N3O3/c1-4-28-15(27)13-8(2)26-29-14(13)9(3)24-25-12-6-10(16(18,19)20)5-11(7-12)17(21,22)23/h5-7,25H,4H2,1-3H3/b24-9+. The van der Waals surface area contributed by atoms with Gasteiger partial charge >= 0.3 is 18.3 Å². The van der Waals surface area contributed by atoms with Gasteiger partial charge in [0.25, 0.3) is 0 Å². The van der Waals surface area contributed by atoms with Gasteiger partial charge in [-0.3, -0.25) is 5.43 Å². The number of anilines is 1. The van der Waals surface area contributed by atoms with Crippen molar-refractivity contribution in [3.05, 3.63) is 46.3 Å². The van der Waals surface area contributed by atoms with Gasteiger partial charge in [-0.05, 0) is 39.0 Å². The number of hydrazone groups is 1.